The first-order valence-electron chi connectivity index (χ1n) is 5.33. The number of carbonyl (C=O) groups is 1. The van der Waals surface area contributed by atoms with Crippen molar-refractivity contribution >= 4 is 11.7 Å². The molecule has 0 aliphatic heterocycles. The van der Waals surface area contributed by atoms with Crippen molar-refractivity contribution < 1.29 is 22.7 Å². The summed E-state index contributed by atoms with van der Waals surface area (Å²) in [7, 11) is 1.26. The van der Waals surface area contributed by atoms with Crippen molar-refractivity contribution in [1.82, 2.24) is 0 Å². The van der Waals surface area contributed by atoms with Gasteiger partial charge >= 0.3 is 12.1 Å². The quantitative estimate of drug-likeness (QED) is 0.847. The summed E-state index contributed by atoms with van der Waals surface area (Å²) in [6, 6.07) is 3.46. The van der Waals surface area contributed by atoms with E-state index in [4.69, 9.17) is 0 Å². The van der Waals surface area contributed by atoms with Crippen LogP contribution in [0.15, 0.2) is 18.2 Å². The molecule has 0 saturated carbocycles. The first kappa shape index (κ1) is 14.3. The number of rotatable bonds is 4. The highest BCUT2D eigenvalue weighted by Crippen LogP contribution is 2.31. The maximum absolute atomic E-state index is 12.5. The average Bonchev–Trinajstić information content (AvgIpc) is 2.29. The fourth-order valence-corrected chi connectivity index (χ4v) is 1.39. The first-order chi connectivity index (χ1) is 8.34. The molecule has 3 nitrogen and oxygen atoms in total. The third kappa shape index (κ3) is 3.94. The standard InChI is InChI=1S/C12H14F3NO2/c1-8-3-4-9(12(13,14)15)7-10(8)16-6-5-11(17)18-2/h3-4,7,16H,5-6H2,1-2H3. The van der Waals surface area contributed by atoms with Gasteiger partial charge in [-0.1, -0.05) is 6.07 Å². The molecule has 0 unspecified atom stereocenters. The largest absolute Gasteiger partial charge is 0.469 e. The monoisotopic (exact) mass is 261 g/mol. The predicted molar refractivity (Wildman–Crippen MR) is 61.3 cm³/mol. The van der Waals surface area contributed by atoms with Crippen LogP contribution in [0.1, 0.15) is 17.5 Å². The predicted octanol–water partition coefficient (Wildman–Crippen LogP) is 2.99. The SMILES string of the molecule is COC(=O)CCNc1cc(C(F)(F)F)ccc1C. The number of esters is 1. The molecule has 0 aromatic heterocycles. The van der Waals surface area contributed by atoms with Crippen molar-refractivity contribution in [2.45, 2.75) is 19.5 Å². The number of halogens is 3. The second-order valence-electron chi connectivity index (χ2n) is 3.78. The number of alkyl halides is 3. The molecule has 0 bridgehead atoms. The molecule has 1 rings (SSSR count). The van der Waals surface area contributed by atoms with Crippen LogP contribution in [0.4, 0.5) is 18.9 Å². The molecular formula is C12H14F3NO2. The van der Waals surface area contributed by atoms with Crippen LogP contribution >= 0.6 is 0 Å². The lowest BCUT2D eigenvalue weighted by molar-refractivity contribution is -0.140. The van der Waals surface area contributed by atoms with Crippen LogP contribution in [-0.4, -0.2) is 19.6 Å². The van der Waals surface area contributed by atoms with Gasteiger partial charge in [0.05, 0.1) is 19.1 Å². The van der Waals surface area contributed by atoms with Gasteiger partial charge in [0.1, 0.15) is 0 Å². The molecule has 0 aliphatic carbocycles. The third-order valence-corrected chi connectivity index (χ3v) is 2.44. The minimum absolute atomic E-state index is 0.103. The second-order valence-corrected chi connectivity index (χ2v) is 3.78. The highest BCUT2D eigenvalue weighted by molar-refractivity contribution is 5.70. The molecule has 0 atom stereocenters. The number of hydrogen-bond donors (Lipinski definition) is 1. The lowest BCUT2D eigenvalue weighted by Crippen LogP contribution is -2.11. The van der Waals surface area contributed by atoms with Gasteiger partial charge in [-0.3, -0.25) is 4.79 Å². The van der Waals surface area contributed by atoms with Crippen LogP contribution in [0.2, 0.25) is 0 Å². The zero-order chi connectivity index (χ0) is 13.8. The van der Waals surface area contributed by atoms with Gasteiger partial charge in [0, 0.05) is 12.2 Å². The van der Waals surface area contributed by atoms with Gasteiger partial charge in [-0.25, -0.2) is 0 Å². The molecule has 0 heterocycles. The van der Waals surface area contributed by atoms with Crippen molar-refractivity contribution in [2.24, 2.45) is 0 Å². The Labute approximate surface area is 103 Å². The Morgan fingerprint density at radius 3 is 2.61 bits per heavy atom. The summed E-state index contributed by atoms with van der Waals surface area (Å²) in [4.78, 5) is 10.9. The van der Waals surface area contributed by atoms with Gasteiger partial charge < -0.3 is 10.1 Å². The molecule has 1 N–H and O–H groups in total. The highest BCUT2D eigenvalue weighted by atomic mass is 19.4. The van der Waals surface area contributed by atoms with Crippen molar-refractivity contribution in [1.29, 1.82) is 0 Å². The van der Waals surface area contributed by atoms with E-state index in [1.165, 1.54) is 13.2 Å². The van der Waals surface area contributed by atoms with E-state index in [1.807, 2.05) is 0 Å². The number of carbonyl (C=O) groups excluding carboxylic acids is 1. The Bertz CT molecular complexity index is 430. The molecule has 1 aromatic rings. The summed E-state index contributed by atoms with van der Waals surface area (Å²) >= 11 is 0. The second kappa shape index (κ2) is 5.75. The van der Waals surface area contributed by atoms with E-state index in [0.717, 1.165) is 12.1 Å². The molecule has 0 saturated heterocycles. The van der Waals surface area contributed by atoms with Crippen LogP contribution in [0.25, 0.3) is 0 Å². The smallest absolute Gasteiger partial charge is 0.416 e. The zero-order valence-corrected chi connectivity index (χ0v) is 10.1. The molecule has 18 heavy (non-hydrogen) atoms. The van der Waals surface area contributed by atoms with E-state index in [9.17, 15) is 18.0 Å². The zero-order valence-electron chi connectivity index (χ0n) is 10.1. The molecule has 0 aliphatic rings. The summed E-state index contributed by atoms with van der Waals surface area (Å²) < 4.78 is 41.9. The van der Waals surface area contributed by atoms with Crippen molar-refractivity contribution in [3.8, 4) is 0 Å². The number of benzene rings is 1. The molecule has 100 valence electrons. The van der Waals surface area contributed by atoms with Crippen LogP contribution < -0.4 is 5.32 Å². The van der Waals surface area contributed by atoms with E-state index in [2.05, 4.69) is 10.1 Å². The minimum atomic E-state index is -4.37. The molecule has 1 aromatic carbocycles. The van der Waals surface area contributed by atoms with E-state index in [0.29, 0.717) is 11.3 Å². The number of methoxy groups -OCH3 is 1. The Kier molecular flexibility index (Phi) is 4.58. The highest BCUT2D eigenvalue weighted by Gasteiger charge is 2.30. The topological polar surface area (TPSA) is 38.3 Å². The van der Waals surface area contributed by atoms with Gasteiger partial charge in [-0.15, -0.1) is 0 Å². The summed E-state index contributed by atoms with van der Waals surface area (Å²) in [5.74, 6) is -0.410. The minimum Gasteiger partial charge on any atom is -0.469 e. The lowest BCUT2D eigenvalue weighted by Gasteiger charge is -2.13. The van der Waals surface area contributed by atoms with Crippen LogP contribution in [-0.2, 0) is 15.7 Å². The summed E-state index contributed by atoms with van der Waals surface area (Å²) in [6.45, 7) is 1.93. The van der Waals surface area contributed by atoms with E-state index in [1.54, 1.807) is 6.92 Å². The van der Waals surface area contributed by atoms with Gasteiger partial charge in [0.25, 0.3) is 0 Å². The fourth-order valence-electron chi connectivity index (χ4n) is 1.39. The number of ether oxygens (including phenoxy) is 1. The maximum Gasteiger partial charge on any atom is 0.416 e. The van der Waals surface area contributed by atoms with E-state index >= 15 is 0 Å². The first-order valence-corrected chi connectivity index (χ1v) is 5.33. The third-order valence-electron chi connectivity index (χ3n) is 2.44. The maximum atomic E-state index is 12.5. The van der Waals surface area contributed by atoms with Crippen LogP contribution in [0, 0.1) is 6.92 Å². The van der Waals surface area contributed by atoms with E-state index < -0.39 is 17.7 Å². The summed E-state index contributed by atoms with van der Waals surface area (Å²) in [5.41, 5.74) is 0.343. The van der Waals surface area contributed by atoms with Crippen LogP contribution in [0.5, 0.6) is 0 Å². The molecule has 0 fully saturated rings. The molecular weight excluding hydrogens is 247 g/mol. The van der Waals surface area contributed by atoms with Gasteiger partial charge in [0.2, 0.25) is 0 Å². The molecule has 0 radical (unpaired) electrons. The number of anilines is 1. The number of aryl methyl sites for hydroxylation is 1. The van der Waals surface area contributed by atoms with Crippen molar-refractivity contribution in [3.63, 3.8) is 0 Å². The number of hydrogen-bond acceptors (Lipinski definition) is 3. The van der Waals surface area contributed by atoms with Gasteiger partial charge in [-0.2, -0.15) is 13.2 Å². The number of nitrogens with one attached hydrogen (secondary N) is 1. The Morgan fingerprint density at radius 1 is 1.39 bits per heavy atom. The Hall–Kier alpha value is -1.72. The molecule has 0 amide bonds. The average molecular weight is 261 g/mol. The Morgan fingerprint density at radius 2 is 2.06 bits per heavy atom. The summed E-state index contributed by atoms with van der Waals surface area (Å²) in [5, 5.41) is 2.79. The van der Waals surface area contributed by atoms with E-state index in [-0.39, 0.29) is 13.0 Å². The van der Waals surface area contributed by atoms with Crippen molar-refractivity contribution in [2.75, 3.05) is 19.0 Å². The van der Waals surface area contributed by atoms with Gasteiger partial charge in [-0.05, 0) is 24.6 Å². The fraction of sp³-hybridized carbons (Fsp3) is 0.417. The Balaban J connectivity index is 2.73. The normalized spacial score (nSPS) is 11.2. The molecule has 6 heteroatoms. The lowest BCUT2D eigenvalue weighted by atomic mass is 10.1. The van der Waals surface area contributed by atoms with Crippen molar-refractivity contribution in [3.05, 3.63) is 29.3 Å². The van der Waals surface area contributed by atoms with Gasteiger partial charge in [0.15, 0.2) is 0 Å². The van der Waals surface area contributed by atoms with Crippen LogP contribution in [0.3, 0.4) is 0 Å². The molecule has 0 spiro atoms. The summed E-state index contributed by atoms with van der Waals surface area (Å²) in [6.07, 6.45) is -4.27.